The lowest BCUT2D eigenvalue weighted by molar-refractivity contribution is -0.394. The number of benzene rings is 1. The first kappa shape index (κ1) is 20.7. The lowest BCUT2D eigenvalue weighted by Crippen LogP contribution is -2.36. The molecular weight excluding hydrogens is 417 g/mol. The molecule has 0 amide bonds. The summed E-state index contributed by atoms with van der Waals surface area (Å²) in [5.41, 5.74) is -4.50. The molecule has 3 rings (SSSR count). The number of carbonyl (C=O) groups is 1. The summed E-state index contributed by atoms with van der Waals surface area (Å²) < 4.78 is 46.7. The highest BCUT2D eigenvalue weighted by molar-refractivity contribution is 5.93. The highest BCUT2D eigenvalue weighted by atomic mass is 19.4. The van der Waals surface area contributed by atoms with E-state index in [9.17, 15) is 38.2 Å². The molecule has 30 heavy (non-hydrogen) atoms. The van der Waals surface area contributed by atoms with Gasteiger partial charge in [-0.05, 0) is 13.0 Å². The predicted octanol–water partition coefficient (Wildman–Crippen LogP) is 2.49. The van der Waals surface area contributed by atoms with Gasteiger partial charge in [-0.3, -0.25) is 20.2 Å². The van der Waals surface area contributed by atoms with Gasteiger partial charge in [0.25, 0.3) is 11.4 Å². The van der Waals surface area contributed by atoms with E-state index in [1.165, 1.54) is 6.92 Å². The summed E-state index contributed by atoms with van der Waals surface area (Å²) in [5, 5.41) is 28.2. The Hall–Kier alpha value is -4.04. The van der Waals surface area contributed by atoms with Gasteiger partial charge in [-0.2, -0.15) is 23.3 Å². The van der Waals surface area contributed by atoms with Crippen molar-refractivity contribution in [2.45, 2.75) is 19.1 Å². The number of halogens is 3. The summed E-state index contributed by atoms with van der Waals surface area (Å²) in [4.78, 5) is 36.7. The summed E-state index contributed by atoms with van der Waals surface area (Å²) in [6, 6.07) is 0.576. The second-order valence-corrected chi connectivity index (χ2v) is 5.82. The van der Waals surface area contributed by atoms with Gasteiger partial charge in [0, 0.05) is 6.07 Å². The van der Waals surface area contributed by atoms with Crippen molar-refractivity contribution < 1.29 is 32.5 Å². The van der Waals surface area contributed by atoms with Gasteiger partial charge in [0.05, 0.1) is 33.7 Å². The van der Waals surface area contributed by atoms with Crippen molar-refractivity contribution in [3.63, 3.8) is 0 Å². The van der Waals surface area contributed by atoms with Gasteiger partial charge in [0.1, 0.15) is 18.1 Å². The number of esters is 1. The quantitative estimate of drug-likeness (QED) is 0.429. The molecule has 1 aromatic heterocycles. The maximum atomic E-state index is 13.7. The number of hydrogen-bond acceptors (Lipinski definition) is 9. The molecule has 0 saturated carbocycles. The summed E-state index contributed by atoms with van der Waals surface area (Å²) in [5.74, 6) is -1.83. The van der Waals surface area contributed by atoms with Crippen molar-refractivity contribution in [1.29, 1.82) is 0 Å². The molecule has 158 valence electrons. The van der Waals surface area contributed by atoms with E-state index in [0.717, 1.165) is 23.1 Å². The first-order chi connectivity index (χ1) is 14.1. The SMILES string of the molecule is CCOC(=O)C1=C(C(F)(F)F)Nc2ncnn2C1c1ccc([N+](=O)[O-])cc1[N+](=O)[O-]. The Morgan fingerprint density at radius 2 is 2.00 bits per heavy atom. The molecule has 2 heterocycles. The summed E-state index contributed by atoms with van der Waals surface area (Å²) >= 11 is 0. The molecule has 0 fully saturated rings. The van der Waals surface area contributed by atoms with Crippen molar-refractivity contribution >= 4 is 23.3 Å². The number of nitro benzene ring substituents is 2. The Morgan fingerprint density at radius 1 is 1.30 bits per heavy atom. The van der Waals surface area contributed by atoms with E-state index in [-0.39, 0.29) is 6.61 Å². The van der Waals surface area contributed by atoms with Crippen LogP contribution in [0.2, 0.25) is 0 Å². The molecule has 1 N–H and O–H groups in total. The average Bonchev–Trinajstić information content (AvgIpc) is 3.13. The number of carbonyl (C=O) groups excluding carboxylic acids is 1. The van der Waals surface area contributed by atoms with Crippen LogP contribution >= 0.6 is 0 Å². The molecule has 12 nitrogen and oxygen atoms in total. The maximum Gasteiger partial charge on any atom is 0.431 e. The van der Waals surface area contributed by atoms with Gasteiger partial charge < -0.3 is 10.1 Å². The fourth-order valence-corrected chi connectivity index (χ4v) is 2.93. The van der Waals surface area contributed by atoms with E-state index in [1.54, 1.807) is 0 Å². The minimum atomic E-state index is -5.08. The van der Waals surface area contributed by atoms with Crippen LogP contribution in [-0.4, -0.2) is 43.4 Å². The van der Waals surface area contributed by atoms with Crippen LogP contribution in [0, 0.1) is 20.2 Å². The number of aromatic nitrogens is 3. The van der Waals surface area contributed by atoms with Crippen molar-refractivity contribution in [2.24, 2.45) is 0 Å². The number of non-ortho nitro benzene ring substituents is 1. The molecular formula is C15H11F3N6O6. The number of anilines is 1. The fraction of sp³-hybridized carbons (Fsp3) is 0.267. The predicted molar refractivity (Wildman–Crippen MR) is 91.2 cm³/mol. The van der Waals surface area contributed by atoms with Gasteiger partial charge in [-0.1, -0.05) is 0 Å². The molecule has 15 heteroatoms. The number of hydrogen-bond donors (Lipinski definition) is 1. The number of nitro groups is 2. The lowest BCUT2D eigenvalue weighted by Gasteiger charge is -2.29. The number of rotatable bonds is 5. The molecule has 0 radical (unpaired) electrons. The minimum Gasteiger partial charge on any atom is -0.463 e. The Labute approximate surface area is 164 Å². The molecule has 0 bridgehead atoms. The van der Waals surface area contributed by atoms with Crippen molar-refractivity contribution in [2.75, 3.05) is 11.9 Å². The highest BCUT2D eigenvalue weighted by Crippen LogP contribution is 2.43. The van der Waals surface area contributed by atoms with Crippen molar-refractivity contribution in [1.82, 2.24) is 14.8 Å². The number of alkyl halides is 3. The number of nitrogens with zero attached hydrogens (tertiary/aromatic N) is 5. The highest BCUT2D eigenvalue weighted by Gasteiger charge is 2.48. The third-order valence-electron chi connectivity index (χ3n) is 4.09. The van der Waals surface area contributed by atoms with Crippen molar-refractivity contribution in [3.8, 4) is 0 Å². The van der Waals surface area contributed by atoms with E-state index in [4.69, 9.17) is 4.74 Å². The van der Waals surface area contributed by atoms with Gasteiger partial charge >= 0.3 is 12.1 Å². The molecule has 0 aliphatic carbocycles. The Bertz CT molecular complexity index is 1080. The second kappa shape index (κ2) is 7.41. The van der Waals surface area contributed by atoms with Gasteiger partial charge in [0.15, 0.2) is 0 Å². The summed E-state index contributed by atoms with van der Waals surface area (Å²) in [6.45, 7) is 1.10. The third kappa shape index (κ3) is 3.51. The van der Waals surface area contributed by atoms with Crippen LogP contribution < -0.4 is 5.32 Å². The van der Waals surface area contributed by atoms with Gasteiger partial charge in [-0.25, -0.2) is 9.48 Å². The molecule has 1 aliphatic heterocycles. The van der Waals surface area contributed by atoms with E-state index in [0.29, 0.717) is 6.07 Å². The zero-order valence-electron chi connectivity index (χ0n) is 14.9. The minimum absolute atomic E-state index is 0.271. The smallest absolute Gasteiger partial charge is 0.431 e. The molecule has 1 aromatic carbocycles. The molecule has 1 atom stereocenters. The molecule has 0 saturated heterocycles. The summed E-state index contributed by atoms with van der Waals surface area (Å²) in [7, 11) is 0. The molecule has 1 unspecified atom stereocenters. The number of allylic oxidation sites excluding steroid dienone is 1. The van der Waals surface area contributed by atoms with E-state index >= 15 is 0 Å². The Balaban J connectivity index is 2.35. The fourth-order valence-electron chi connectivity index (χ4n) is 2.93. The zero-order valence-corrected chi connectivity index (χ0v) is 14.9. The normalized spacial score (nSPS) is 15.9. The van der Waals surface area contributed by atoms with E-state index in [1.807, 2.05) is 5.32 Å². The Kier molecular flexibility index (Phi) is 5.11. The monoisotopic (exact) mass is 428 g/mol. The average molecular weight is 428 g/mol. The van der Waals surface area contributed by atoms with Gasteiger partial charge in [-0.15, -0.1) is 0 Å². The van der Waals surface area contributed by atoms with Crippen LogP contribution in [0.4, 0.5) is 30.5 Å². The van der Waals surface area contributed by atoms with Crippen LogP contribution in [-0.2, 0) is 9.53 Å². The molecule has 1 aliphatic rings. The lowest BCUT2D eigenvalue weighted by atomic mass is 9.93. The van der Waals surface area contributed by atoms with E-state index in [2.05, 4.69) is 10.1 Å². The summed E-state index contributed by atoms with van der Waals surface area (Å²) in [6.07, 6.45) is -4.19. The standard InChI is InChI=1S/C15H11F3N6O6/c1-2-30-13(25)10-11(8-4-3-7(23(26)27)5-9(8)24(28)29)22-14(19-6-20-22)21-12(10)15(16,17)18/h3-6,11H,2H2,1H3,(H,19,20,21). The largest absolute Gasteiger partial charge is 0.463 e. The van der Waals surface area contributed by atoms with E-state index < -0.39 is 62.2 Å². The van der Waals surface area contributed by atoms with Crippen LogP contribution in [0.1, 0.15) is 18.5 Å². The van der Waals surface area contributed by atoms with Crippen LogP contribution in [0.15, 0.2) is 35.8 Å². The zero-order chi connectivity index (χ0) is 22.2. The third-order valence-corrected chi connectivity index (χ3v) is 4.09. The van der Waals surface area contributed by atoms with Gasteiger partial charge in [0.2, 0.25) is 5.95 Å². The number of fused-ring (bicyclic) bond motifs is 1. The molecule has 2 aromatic rings. The van der Waals surface area contributed by atoms with Crippen LogP contribution in [0.5, 0.6) is 0 Å². The molecule has 0 spiro atoms. The first-order valence-corrected chi connectivity index (χ1v) is 8.14. The number of nitrogens with one attached hydrogen (secondary N) is 1. The Morgan fingerprint density at radius 3 is 2.57 bits per heavy atom. The second-order valence-electron chi connectivity index (χ2n) is 5.82. The topological polar surface area (TPSA) is 155 Å². The van der Waals surface area contributed by atoms with Crippen LogP contribution in [0.3, 0.4) is 0 Å². The maximum absolute atomic E-state index is 13.7. The van der Waals surface area contributed by atoms with Crippen LogP contribution in [0.25, 0.3) is 0 Å². The van der Waals surface area contributed by atoms with Crippen molar-refractivity contribution in [3.05, 3.63) is 61.6 Å². The first-order valence-electron chi connectivity index (χ1n) is 8.14. The number of ether oxygens (including phenoxy) is 1.